The zero-order valence-corrected chi connectivity index (χ0v) is 15.4. The molecule has 0 aliphatic heterocycles. The number of amides is 1. The number of halogens is 5. The standard InChI is InChI=1S/C19H18ClF4NO3/c20-15-11-14(10-13-4-2-1-3-5-13)6-7-16(15)28-9-8-25(18(26)27)12-19(23,24)17(21)22/h1-7,11,17H,8-10,12H2,(H,26,27). The molecule has 0 aromatic heterocycles. The van der Waals surface area contributed by atoms with Gasteiger partial charge in [-0.25, -0.2) is 13.6 Å². The normalized spacial score (nSPS) is 11.5. The van der Waals surface area contributed by atoms with E-state index in [1.807, 2.05) is 30.3 Å². The lowest BCUT2D eigenvalue weighted by Gasteiger charge is -2.24. The lowest BCUT2D eigenvalue weighted by Crippen LogP contribution is -2.45. The van der Waals surface area contributed by atoms with Crippen molar-refractivity contribution in [2.75, 3.05) is 19.7 Å². The fourth-order valence-corrected chi connectivity index (χ4v) is 2.69. The molecule has 0 aliphatic carbocycles. The second kappa shape index (κ2) is 9.64. The molecule has 0 heterocycles. The van der Waals surface area contributed by atoms with Crippen LogP contribution in [0.4, 0.5) is 22.4 Å². The van der Waals surface area contributed by atoms with Crippen LogP contribution in [-0.4, -0.2) is 48.1 Å². The molecule has 1 N–H and O–H groups in total. The molecule has 1 amide bonds. The summed E-state index contributed by atoms with van der Waals surface area (Å²) in [6.07, 6.45) is -5.05. The van der Waals surface area contributed by atoms with Crippen molar-refractivity contribution in [1.29, 1.82) is 0 Å². The Morgan fingerprint density at radius 1 is 1.14 bits per heavy atom. The van der Waals surface area contributed by atoms with Crippen LogP contribution in [0, 0.1) is 0 Å². The van der Waals surface area contributed by atoms with Gasteiger partial charge in [-0.1, -0.05) is 48.0 Å². The monoisotopic (exact) mass is 419 g/mol. The van der Waals surface area contributed by atoms with Crippen LogP contribution in [0.2, 0.25) is 5.02 Å². The second-order valence-electron chi connectivity index (χ2n) is 6.04. The van der Waals surface area contributed by atoms with Crippen molar-refractivity contribution in [2.24, 2.45) is 0 Å². The van der Waals surface area contributed by atoms with Crippen molar-refractivity contribution >= 4 is 17.7 Å². The number of nitrogens with zero attached hydrogens (tertiary/aromatic N) is 1. The van der Waals surface area contributed by atoms with E-state index in [1.165, 1.54) is 0 Å². The maximum Gasteiger partial charge on any atom is 0.407 e. The highest BCUT2D eigenvalue weighted by Crippen LogP contribution is 2.27. The van der Waals surface area contributed by atoms with Gasteiger partial charge in [-0.05, 0) is 29.7 Å². The molecule has 0 saturated carbocycles. The van der Waals surface area contributed by atoms with E-state index < -0.39 is 31.5 Å². The Morgan fingerprint density at radius 2 is 1.82 bits per heavy atom. The molecule has 2 aromatic carbocycles. The highest BCUT2D eigenvalue weighted by molar-refractivity contribution is 6.32. The highest BCUT2D eigenvalue weighted by atomic mass is 35.5. The van der Waals surface area contributed by atoms with Crippen molar-refractivity contribution in [3.05, 3.63) is 64.7 Å². The molecule has 28 heavy (non-hydrogen) atoms. The van der Waals surface area contributed by atoms with Crippen molar-refractivity contribution in [3.63, 3.8) is 0 Å². The lowest BCUT2D eigenvalue weighted by molar-refractivity contribution is -0.139. The van der Waals surface area contributed by atoms with Crippen molar-refractivity contribution in [1.82, 2.24) is 4.90 Å². The third-order valence-corrected chi connectivity index (χ3v) is 4.15. The quantitative estimate of drug-likeness (QED) is 0.569. The first-order valence-electron chi connectivity index (χ1n) is 8.28. The number of carbonyl (C=O) groups is 1. The molecule has 0 fully saturated rings. The summed E-state index contributed by atoms with van der Waals surface area (Å²) in [6, 6.07) is 14.7. The van der Waals surface area contributed by atoms with Crippen LogP contribution in [0.25, 0.3) is 0 Å². The average Bonchev–Trinajstić information content (AvgIpc) is 2.63. The minimum absolute atomic E-state index is 0.184. The number of benzene rings is 2. The van der Waals surface area contributed by atoms with Crippen LogP contribution in [0.1, 0.15) is 11.1 Å². The number of hydrogen-bond donors (Lipinski definition) is 1. The van der Waals surface area contributed by atoms with Gasteiger partial charge in [0.2, 0.25) is 0 Å². The molecule has 0 bridgehead atoms. The Labute approximate surface area is 164 Å². The van der Waals surface area contributed by atoms with E-state index in [2.05, 4.69) is 0 Å². The summed E-state index contributed by atoms with van der Waals surface area (Å²) < 4.78 is 56.0. The number of rotatable bonds is 9. The molecule has 0 saturated heterocycles. The number of hydrogen-bond acceptors (Lipinski definition) is 2. The largest absolute Gasteiger partial charge is 0.490 e. The van der Waals surface area contributed by atoms with Crippen molar-refractivity contribution < 1.29 is 32.2 Å². The summed E-state index contributed by atoms with van der Waals surface area (Å²) in [5, 5.41) is 9.18. The molecule has 0 atom stereocenters. The van der Waals surface area contributed by atoms with Crippen LogP contribution in [-0.2, 0) is 6.42 Å². The van der Waals surface area contributed by atoms with Gasteiger partial charge in [-0.15, -0.1) is 0 Å². The van der Waals surface area contributed by atoms with Gasteiger partial charge in [0.25, 0.3) is 0 Å². The topological polar surface area (TPSA) is 49.8 Å². The van der Waals surface area contributed by atoms with Gasteiger partial charge in [0.15, 0.2) is 0 Å². The second-order valence-corrected chi connectivity index (χ2v) is 6.45. The van der Waals surface area contributed by atoms with E-state index in [4.69, 9.17) is 21.4 Å². The molecule has 0 aliphatic rings. The highest BCUT2D eigenvalue weighted by Gasteiger charge is 2.43. The van der Waals surface area contributed by atoms with E-state index in [-0.39, 0.29) is 22.3 Å². The van der Waals surface area contributed by atoms with Gasteiger partial charge in [0.1, 0.15) is 12.4 Å². The predicted octanol–water partition coefficient (Wildman–Crippen LogP) is 5.19. The molecule has 0 unspecified atom stereocenters. The summed E-state index contributed by atoms with van der Waals surface area (Å²) in [5.41, 5.74) is 2.01. The minimum atomic E-state index is -4.44. The SMILES string of the molecule is O=C(O)N(CCOc1ccc(Cc2ccccc2)cc1Cl)CC(F)(F)C(F)F. The Balaban J connectivity index is 1.93. The van der Waals surface area contributed by atoms with E-state index in [0.717, 1.165) is 11.1 Å². The van der Waals surface area contributed by atoms with Gasteiger partial charge in [-0.2, -0.15) is 8.78 Å². The first kappa shape index (κ1) is 21.8. The van der Waals surface area contributed by atoms with Gasteiger partial charge in [0, 0.05) is 0 Å². The fraction of sp³-hybridized carbons (Fsp3) is 0.316. The summed E-state index contributed by atoms with van der Waals surface area (Å²) in [5.74, 6) is -4.20. The van der Waals surface area contributed by atoms with Gasteiger partial charge in [-0.3, -0.25) is 4.90 Å². The lowest BCUT2D eigenvalue weighted by atomic mass is 10.1. The van der Waals surface area contributed by atoms with E-state index in [1.54, 1.807) is 18.2 Å². The van der Waals surface area contributed by atoms with Gasteiger partial charge in [0.05, 0.1) is 18.1 Å². The number of ether oxygens (including phenoxy) is 1. The first-order chi connectivity index (χ1) is 13.2. The van der Waals surface area contributed by atoms with E-state index in [0.29, 0.717) is 6.42 Å². The van der Waals surface area contributed by atoms with Crippen LogP contribution in [0.3, 0.4) is 0 Å². The van der Waals surface area contributed by atoms with Gasteiger partial charge >= 0.3 is 18.4 Å². The molecule has 2 rings (SSSR count). The fourth-order valence-electron chi connectivity index (χ4n) is 2.43. The molecule has 4 nitrogen and oxygen atoms in total. The Morgan fingerprint density at radius 3 is 2.39 bits per heavy atom. The Bertz CT molecular complexity index is 790. The van der Waals surface area contributed by atoms with Crippen LogP contribution in [0.5, 0.6) is 5.75 Å². The Kier molecular flexibility index (Phi) is 7.51. The van der Waals surface area contributed by atoms with Gasteiger partial charge < -0.3 is 9.84 Å². The molecule has 2 aromatic rings. The van der Waals surface area contributed by atoms with Crippen molar-refractivity contribution in [2.45, 2.75) is 18.8 Å². The first-order valence-corrected chi connectivity index (χ1v) is 8.66. The smallest absolute Gasteiger partial charge is 0.407 e. The molecule has 152 valence electrons. The average molecular weight is 420 g/mol. The van der Waals surface area contributed by atoms with Crippen LogP contribution >= 0.6 is 11.6 Å². The summed E-state index contributed by atoms with van der Waals surface area (Å²) in [7, 11) is 0. The maximum atomic E-state index is 13.1. The van der Waals surface area contributed by atoms with E-state index >= 15 is 0 Å². The third kappa shape index (κ3) is 6.30. The molecular formula is C19H18ClF4NO3. The molecular weight excluding hydrogens is 402 g/mol. The molecule has 0 radical (unpaired) electrons. The zero-order chi connectivity index (χ0) is 20.7. The van der Waals surface area contributed by atoms with Crippen molar-refractivity contribution in [3.8, 4) is 5.75 Å². The summed E-state index contributed by atoms with van der Waals surface area (Å²) in [4.78, 5) is 11.2. The number of alkyl halides is 4. The Hall–Kier alpha value is -2.48. The maximum absolute atomic E-state index is 13.1. The zero-order valence-electron chi connectivity index (χ0n) is 14.6. The summed E-state index contributed by atoms with van der Waals surface area (Å²) >= 11 is 6.15. The van der Waals surface area contributed by atoms with Crippen LogP contribution < -0.4 is 4.74 Å². The summed E-state index contributed by atoms with van der Waals surface area (Å²) in [6.45, 7) is -2.45. The predicted molar refractivity (Wildman–Crippen MR) is 96.7 cm³/mol. The number of carboxylic acid groups (broad SMARTS) is 1. The molecule has 0 spiro atoms. The molecule has 9 heteroatoms. The third-order valence-electron chi connectivity index (χ3n) is 3.86. The minimum Gasteiger partial charge on any atom is -0.490 e. The van der Waals surface area contributed by atoms with E-state index in [9.17, 15) is 22.4 Å². The van der Waals surface area contributed by atoms with Crippen LogP contribution in [0.15, 0.2) is 48.5 Å².